The van der Waals surface area contributed by atoms with Crippen LogP contribution in [-0.2, 0) is 14.3 Å². The van der Waals surface area contributed by atoms with Crippen LogP contribution in [0.4, 0.5) is 0 Å². The Kier molecular flexibility index (Phi) is 7.35. The number of methoxy groups -OCH3 is 1. The summed E-state index contributed by atoms with van der Waals surface area (Å²) in [5, 5.41) is 0. The number of esters is 2. The molecule has 1 aromatic heterocycles. The lowest BCUT2D eigenvalue weighted by Crippen LogP contribution is -2.40. The van der Waals surface area contributed by atoms with Crippen LogP contribution in [0.15, 0.2) is 51.4 Å². The van der Waals surface area contributed by atoms with E-state index in [2.05, 4.69) is 17.1 Å². The normalized spacial score (nSPS) is 19.7. The molecule has 1 aliphatic carbocycles. The molecule has 1 aliphatic heterocycles. The molecule has 0 bridgehead atoms. The Hall–Kier alpha value is -3.46. The highest BCUT2D eigenvalue weighted by Crippen LogP contribution is 2.36. The maximum atomic E-state index is 13.7. The maximum Gasteiger partial charge on any atom is 0.338 e. The molecule has 0 radical (unpaired) electrons. The van der Waals surface area contributed by atoms with E-state index in [4.69, 9.17) is 14.2 Å². The minimum absolute atomic E-state index is 0.191. The number of thiazole rings is 1. The van der Waals surface area contributed by atoms with Crippen LogP contribution in [0.3, 0.4) is 0 Å². The number of nitrogens with zero attached hydrogens (tertiary/aromatic N) is 2. The number of aromatic nitrogens is 1. The molecule has 4 rings (SSSR count). The van der Waals surface area contributed by atoms with Crippen LogP contribution in [0.1, 0.15) is 51.6 Å². The molecule has 1 aromatic carbocycles. The van der Waals surface area contributed by atoms with Gasteiger partial charge in [0, 0.05) is 6.92 Å². The van der Waals surface area contributed by atoms with Crippen LogP contribution < -0.4 is 24.4 Å². The van der Waals surface area contributed by atoms with Gasteiger partial charge in [-0.2, -0.15) is 0 Å². The van der Waals surface area contributed by atoms with Gasteiger partial charge in [-0.25, -0.2) is 9.79 Å². The van der Waals surface area contributed by atoms with E-state index in [0.717, 1.165) is 19.3 Å². The van der Waals surface area contributed by atoms with Gasteiger partial charge < -0.3 is 14.2 Å². The van der Waals surface area contributed by atoms with Crippen molar-refractivity contribution in [1.29, 1.82) is 0 Å². The van der Waals surface area contributed by atoms with Gasteiger partial charge in [0.15, 0.2) is 16.3 Å². The second-order valence-corrected chi connectivity index (χ2v) is 9.38. The molecule has 0 spiro atoms. The van der Waals surface area contributed by atoms with E-state index in [-0.39, 0.29) is 29.4 Å². The van der Waals surface area contributed by atoms with Crippen LogP contribution in [0.25, 0.3) is 6.08 Å². The molecule has 8 nitrogen and oxygen atoms in total. The standard InChI is InChI=1S/C26H28N2O6S/c1-5-33-25(31)22-15(2)27-26-28(24(30)21(35-26)13-17-9-7-6-8-10-17)23(22)18-11-12-19(34-16(3)29)20(14-18)32-4/h6-7,11-14,17,23H,5,8-10H2,1-4H3/b21-13-. The molecule has 0 N–H and O–H groups in total. The summed E-state index contributed by atoms with van der Waals surface area (Å²) in [6.45, 7) is 4.97. The fourth-order valence-corrected chi connectivity index (χ4v) is 5.51. The minimum Gasteiger partial charge on any atom is -0.493 e. The lowest BCUT2D eigenvalue weighted by molar-refractivity contribution is -0.139. The number of rotatable bonds is 6. The SMILES string of the molecule is CCOC(=O)C1=C(C)N=c2s/c(=C\C3CC=CCC3)c(=O)n2C1c1ccc(OC(C)=O)c(OC)c1. The number of carbonyl (C=O) groups is 2. The topological polar surface area (TPSA) is 96.2 Å². The predicted molar refractivity (Wildman–Crippen MR) is 132 cm³/mol. The molecule has 9 heteroatoms. The fraction of sp³-hybridized carbons (Fsp3) is 0.385. The number of allylic oxidation sites excluding steroid dienone is 3. The van der Waals surface area contributed by atoms with Crippen LogP contribution in [0, 0.1) is 5.92 Å². The minimum atomic E-state index is -0.765. The van der Waals surface area contributed by atoms with Crippen molar-refractivity contribution in [2.75, 3.05) is 13.7 Å². The van der Waals surface area contributed by atoms with E-state index in [9.17, 15) is 14.4 Å². The average Bonchev–Trinajstić information content (AvgIpc) is 3.13. The molecular weight excluding hydrogens is 468 g/mol. The first-order chi connectivity index (χ1) is 16.8. The summed E-state index contributed by atoms with van der Waals surface area (Å²) in [4.78, 5) is 43.3. The van der Waals surface area contributed by atoms with Crippen molar-refractivity contribution in [3.63, 3.8) is 0 Å². The van der Waals surface area contributed by atoms with E-state index in [1.54, 1.807) is 36.6 Å². The molecule has 2 unspecified atom stereocenters. The zero-order valence-corrected chi connectivity index (χ0v) is 21.0. The lowest BCUT2D eigenvalue weighted by Gasteiger charge is -2.25. The van der Waals surface area contributed by atoms with Gasteiger partial charge in [0.05, 0.1) is 35.6 Å². The number of benzene rings is 1. The third-order valence-electron chi connectivity index (χ3n) is 5.97. The highest BCUT2D eigenvalue weighted by molar-refractivity contribution is 7.07. The van der Waals surface area contributed by atoms with E-state index in [1.807, 2.05) is 6.08 Å². The van der Waals surface area contributed by atoms with E-state index in [1.165, 1.54) is 25.4 Å². The summed E-state index contributed by atoms with van der Waals surface area (Å²) in [7, 11) is 1.46. The highest BCUT2D eigenvalue weighted by Gasteiger charge is 2.34. The van der Waals surface area contributed by atoms with Crippen molar-refractivity contribution in [2.24, 2.45) is 10.9 Å². The van der Waals surface area contributed by atoms with Crippen LogP contribution in [0.2, 0.25) is 0 Å². The third kappa shape index (κ3) is 5.00. The lowest BCUT2D eigenvalue weighted by atomic mass is 9.94. The summed E-state index contributed by atoms with van der Waals surface area (Å²) in [5.74, 6) is -0.168. The van der Waals surface area contributed by atoms with E-state index >= 15 is 0 Å². The van der Waals surface area contributed by atoms with Crippen molar-refractivity contribution in [2.45, 2.75) is 46.1 Å². The Morgan fingerprint density at radius 3 is 2.71 bits per heavy atom. The smallest absolute Gasteiger partial charge is 0.338 e. The largest absolute Gasteiger partial charge is 0.493 e. The molecule has 0 saturated carbocycles. The fourth-order valence-electron chi connectivity index (χ4n) is 4.40. The highest BCUT2D eigenvalue weighted by atomic mass is 32.1. The zero-order chi connectivity index (χ0) is 25.1. The average molecular weight is 497 g/mol. The summed E-state index contributed by atoms with van der Waals surface area (Å²) in [6.07, 6.45) is 9.20. The van der Waals surface area contributed by atoms with Gasteiger partial charge in [0.1, 0.15) is 0 Å². The molecule has 184 valence electrons. The van der Waals surface area contributed by atoms with Crippen LogP contribution in [-0.4, -0.2) is 30.2 Å². The van der Waals surface area contributed by atoms with Gasteiger partial charge in [-0.15, -0.1) is 0 Å². The van der Waals surface area contributed by atoms with Crippen molar-refractivity contribution < 1.29 is 23.8 Å². The Morgan fingerprint density at radius 2 is 2.06 bits per heavy atom. The summed E-state index contributed by atoms with van der Waals surface area (Å²) >= 11 is 1.32. The van der Waals surface area contributed by atoms with Gasteiger partial charge in [0.25, 0.3) is 5.56 Å². The van der Waals surface area contributed by atoms with Crippen molar-refractivity contribution in [3.05, 3.63) is 66.9 Å². The van der Waals surface area contributed by atoms with Gasteiger partial charge in [0.2, 0.25) is 0 Å². The molecule has 2 heterocycles. The Bertz CT molecular complexity index is 1400. The molecule has 35 heavy (non-hydrogen) atoms. The molecule has 0 saturated heterocycles. The first kappa shape index (κ1) is 24.7. The van der Waals surface area contributed by atoms with E-state index in [0.29, 0.717) is 26.3 Å². The van der Waals surface area contributed by atoms with Gasteiger partial charge in [-0.3, -0.25) is 14.2 Å². The quantitative estimate of drug-likeness (QED) is 0.347. The van der Waals surface area contributed by atoms with Gasteiger partial charge in [-0.05, 0) is 56.7 Å². The Balaban J connectivity index is 1.91. The molecule has 0 fully saturated rings. The zero-order valence-electron chi connectivity index (χ0n) is 20.2. The number of hydrogen-bond acceptors (Lipinski definition) is 8. The van der Waals surface area contributed by atoms with Gasteiger partial charge >= 0.3 is 11.9 Å². The molecule has 2 aromatic rings. The second kappa shape index (κ2) is 10.4. The first-order valence-electron chi connectivity index (χ1n) is 11.5. The molecule has 2 atom stereocenters. The maximum absolute atomic E-state index is 13.7. The molecule has 2 aliphatic rings. The summed E-state index contributed by atoms with van der Waals surface area (Å²) < 4.78 is 18.2. The third-order valence-corrected chi connectivity index (χ3v) is 6.97. The number of carbonyl (C=O) groups excluding carboxylic acids is 2. The van der Waals surface area contributed by atoms with Crippen molar-refractivity contribution in [1.82, 2.24) is 4.57 Å². The van der Waals surface area contributed by atoms with Crippen molar-refractivity contribution in [3.8, 4) is 11.5 Å². The second-order valence-electron chi connectivity index (χ2n) is 8.37. The molecule has 0 amide bonds. The monoisotopic (exact) mass is 496 g/mol. The van der Waals surface area contributed by atoms with E-state index < -0.39 is 18.0 Å². The number of fused-ring (bicyclic) bond motifs is 1. The Morgan fingerprint density at radius 1 is 1.26 bits per heavy atom. The predicted octanol–water partition coefficient (Wildman–Crippen LogP) is 3.04. The van der Waals surface area contributed by atoms with Gasteiger partial charge in [-0.1, -0.05) is 35.6 Å². The number of hydrogen-bond donors (Lipinski definition) is 0. The molecular formula is C26H28N2O6S. The summed E-state index contributed by atoms with van der Waals surface area (Å²) in [6, 6.07) is 4.22. The number of ether oxygens (including phenoxy) is 3. The van der Waals surface area contributed by atoms with Crippen LogP contribution in [0.5, 0.6) is 11.5 Å². The summed E-state index contributed by atoms with van der Waals surface area (Å²) in [5.41, 5.74) is 1.19. The first-order valence-corrected chi connectivity index (χ1v) is 12.4. The van der Waals surface area contributed by atoms with Crippen molar-refractivity contribution >= 4 is 29.4 Å². The van der Waals surface area contributed by atoms with Crippen LogP contribution >= 0.6 is 11.3 Å². The Labute approximate surface area is 206 Å².